The minimum atomic E-state index is 0.641. The number of hydrogen-bond acceptors (Lipinski definition) is 0. The van der Waals surface area contributed by atoms with Gasteiger partial charge in [-0.2, -0.15) is 0 Å². The molecule has 0 nitrogen and oxygen atoms in total. The van der Waals surface area contributed by atoms with Crippen molar-refractivity contribution in [3.05, 3.63) is 101 Å². The van der Waals surface area contributed by atoms with E-state index in [1.54, 1.807) is 16.7 Å². The first-order valence-corrected chi connectivity index (χ1v) is 11.2. The van der Waals surface area contributed by atoms with Crippen LogP contribution in [0, 0.1) is 17.8 Å². The predicted octanol–water partition coefficient (Wildman–Crippen LogP) is 8.01. The molecule has 2 atom stereocenters. The van der Waals surface area contributed by atoms with E-state index in [2.05, 4.69) is 92.7 Å². The van der Waals surface area contributed by atoms with Crippen molar-refractivity contribution < 1.29 is 0 Å². The lowest BCUT2D eigenvalue weighted by molar-refractivity contribution is 0.608. The predicted molar refractivity (Wildman–Crippen MR) is 124 cm³/mol. The third-order valence-corrected chi connectivity index (χ3v) is 6.92. The van der Waals surface area contributed by atoms with E-state index < -0.39 is 0 Å². The maximum absolute atomic E-state index is 2.52. The lowest BCUT2D eigenvalue weighted by Crippen LogP contribution is -2.05. The van der Waals surface area contributed by atoms with Gasteiger partial charge in [0.05, 0.1) is 0 Å². The molecule has 1 saturated carbocycles. The maximum Gasteiger partial charge on any atom is -0.000459 e. The Morgan fingerprint density at radius 1 is 0.828 bits per heavy atom. The number of benzene rings is 2. The van der Waals surface area contributed by atoms with Gasteiger partial charge < -0.3 is 0 Å². The van der Waals surface area contributed by atoms with Crippen LogP contribution < -0.4 is 0 Å². The zero-order valence-electron chi connectivity index (χ0n) is 17.6. The van der Waals surface area contributed by atoms with Crippen molar-refractivity contribution in [2.24, 2.45) is 17.8 Å². The largest absolute Gasteiger partial charge is 0.0807 e. The van der Waals surface area contributed by atoms with Gasteiger partial charge in [0.15, 0.2) is 0 Å². The van der Waals surface area contributed by atoms with Crippen molar-refractivity contribution in [2.45, 2.75) is 39.5 Å². The summed E-state index contributed by atoms with van der Waals surface area (Å²) in [5.74, 6) is 2.05. The van der Waals surface area contributed by atoms with Crippen LogP contribution in [0.1, 0.15) is 45.1 Å². The van der Waals surface area contributed by atoms with Crippen LogP contribution >= 0.6 is 0 Å². The molecule has 0 bridgehead atoms. The lowest BCUT2D eigenvalue weighted by Gasteiger charge is -2.20. The molecule has 3 aliphatic rings. The molecule has 3 aliphatic carbocycles. The lowest BCUT2D eigenvalue weighted by atomic mass is 9.85. The molecule has 0 N–H and O–H groups in total. The van der Waals surface area contributed by atoms with Gasteiger partial charge in [0.1, 0.15) is 0 Å². The summed E-state index contributed by atoms with van der Waals surface area (Å²) < 4.78 is 0. The van der Waals surface area contributed by atoms with E-state index in [-0.39, 0.29) is 0 Å². The van der Waals surface area contributed by atoms with Crippen molar-refractivity contribution in [1.29, 1.82) is 0 Å². The van der Waals surface area contributed by atoms with Crippen molar-refractivity contribution in [2.75, 3.05) is 0 Å². The van der Waals surface area contributed by atoms with Crippen molar-refractivity contribution >= 4 is 5.57 Å². The standard InChI is InChI=1S/C29H30/c1-20(2)24-9-6-10-25(15-24)27-18-28-16-26(17-29(28)19-27)23-13-11-22(12-14-23)21-7-4-3-5-8-21/h3-5,7-8,10-17,20,27-28H,6,9,18-19H2,1-2H3. The van der Waals surface area contributed by atoms with Gasteiger partial charge in [0, 0.05) is 0 Å². The normalized spacial score (nSPS) is 23.4. The van der Waals surface area contributed by atoms with E-state index in [0.717, 1.165) is 5.92 Å². The zero-order valence-corrected chi connectivity index (χ0v) is 17.6. The monoisotopic (exact) mass is 378 g/mol. The Labute approximate surface area is 175 Å². The van der Waals surface area contributed by atoms with Crippen LogP contribution in [0.15, 0.2) is 95.6 Å². The molecule has 0 heteroatoms. The second-order valence-corrected chi connectivity index (χ2v) is 9.14. The van der Waals surface area contributed by atoms with Crippen molar-refractivity contribution in [1.82, 2.24) is 0 Å². The smallest absolute Gasteiger partial charge is 0.000459 e. The van der Waals surface area contributed by atoms with Crippen molar-refractivity contribution in [3.63, 3.8) is 0 Å². The van der Waals surface area contributed by atoms with E-state index in [1.807, 2.05) is 0 Å². The number of hydrogen-bond donors (Lipinski definition) is 0. The van der Waals surface area contributed by atoms with E-state index in [0.29, 0.717) is 11.8 Å². The third kappa shape index (κ3) is 3.69. The molecule has 0 radical (unpaired) electrons. The summed E-state index contributed by atoms with van der Waals surface area (Å²) in [6, 6.07) is 19.7. The van der Waals surface area contributed by atoms with E-state index in [1.165, 1.54) is 47.9 Å². The Balaban J connectivity index is 1.30. The van der Waals surface area contributed by atoms with Crippen LogP contribution in [-0.2, 0) is 0 Å². The first-order valence-electron chi connectivity index (χ1n) is 11.2. The van der Waals surface area contributed by atoms with E-state index in [9.17, 15) is 0 Å². The Bertz CT molecular complexity index is 1010. The first kappa shape index (κ1) is 18.4. The fourth-order valence-corrected chi connectivity index (χ4v) is 5.19. The molecule has 0 amide bonds. The van der Waals surface area contributed by atoms with Gasteiger partial charge in [-0.05, 0) is 71.3 Å². The minimum Gasteiger partial charge on any atom is -0.0807 e. The number of rotatable bonds is 4. The summed E-state index contributed by atoms with van der Waals surface area (Å²) in [5.41, 5.74) is 10.2. The summed E-state index contributed by atoms with van der Waals surface area (Å²) in [5, 5.41) is 0. The molecule has 0 spiro atoms. The Morgan fingerprint density at radius 3 is 2.28 bits per heavy atom. The fourth-order valence-electron chi connectivity index (χ4n) is 5.19. The topological polar surface area (TPSA) is 0 Å². The molecular formula is C29H30. The summed E-state index contributed by atoms with van der Waals surface area (Å²) in [7, 11) is 0. The quantitative estimate of drug-likeness (QED) is 0.505. The minimum absolute atomic E-state index is 0.641. The molecule has 0 aromatic heterocycles. The van der Waals surface area contributed by atoms with E-state index >= 15 is 0 Å². The molecule has 2 aromatic rings. The zero-order chi connectivity index (χ0) is 19.8. The molecule has 0 saturated heterocycles. The molecule has 5 rings (SSSR count). The van der Waals surface area contributed by atoms with Crippen molar-refractivity contribution in [3.8, 4) is 11.1 Å². The average Bonchev–Trinajstić information content (AvgIpc) is 3.34. The second-order valence-electron chi connectivity index (χ2n) is 9.14. The van der Waals surface area contributed by atoms with Crippen LogP contribution in [-0.4, -0.2) is 0 Å². The maximum atomic E-state index is 2.52. The molecule has 0 aliphatic heterocycles. The Morgan fingerprint density at radius 2 is 1.55 bits per heavy atom. The highest BCUT2D eigenvalue weighted by Crippen LogP contribution is 2.47. The van der Waals surface area contributed by atoms with Crippen LogP contribution in [0.5, 0.6) is 0 Å². The Hall–Kier alpha value is -2.60. The molecule has 29 heavy (non-hydrogen) atoms. The first-order chi connectivity index (χ1) is 14.2. The third-order valence-electron chi connectivity index (χ3n) is 6.92. The van der Waals surface area contributed by atoms with Crippen LogP contribution in [0.3, 0.4) is 0 Å². The molecule has 146 valence electrons. The van der Waals surface area contributed by atoms with Crippen LogP contribution in [0.2, 0.25) is 0 Å². The molecule has 0 heterocycles. The van der Waals surface area contributed by atoms with Gasteiger partial charge in [-0.15, -0.1) is 0 Å². The van der Waals surface area contributed by atoms with Gasteiger partial charge >= 0.3 is 0 Å². The highest BCUT2D eigenvalue weighted by Gasteiger charge is 2.33. The summed E-state index contributed by atoms with van der Waals surface area (Å²) >= 11 is 0. The number of fused-ring (bicyclic) bond motifs is 1. The molecule has 1 fully saturated rings. The van der Waals surface area contributed by atoms with Gasteiger partial charge in [0.25, 0.3) is 0 Å². The summed E-state index contributed by atoms with van der Waals surface area (Å²) in [6.07, 6.45) is 15.0. The number of allylic oxidation sites excluding steroid dienone is 8. The summed E-state index contributed by atoms with van der Waals surface area (Å²) in [4.78, 5) is 0. The molecular weight excluding hydrogens is 348 g/mol. The second kappa shape index (κ2) is 7.67. The van der Waals surface area contributed by atoms with Crippen LogP contribution in [0.4, 0.5) is 0 Å². The van der Waals surface area contributed by atoms with Gasteiger partial charge in [0.2, 0.25) is 0 Å². The Kier molecular flexibility index (Phi) is 4.87. The highest BCUT2D eigenvalue weighted by molar-refractivity contribution is 5.80. The van der Waals surface area contributed by atoms with Crippen LogP contribution in [0.25, 0.3) is 16.7 Å². The SMILES string of the molecule is CC(C)C1=CC(C2CC3=CC(c4ccc(-c5ccccc5)cc4)=CC3C2)=CCC1. The van der Waals surface area contributed by atoms with Gasteiger partial charge in [-0.25, -0.2) is 0 Å². The van der Waals surface area contributed by atoms with Gasteiger partial charge in [-0.1, -0.05) is 104 Å². The molecule has 2 aromatic carbocycles. The fraction of sp³-hybridized carbons (Fsp3) is 0.310. The average molecular weight is 379 g/mol. The summed E-state index contributed by atoms with van der Waals surface area (Å²) in [6.45, 7) is 4.66. The van der Waals surface area contributed by atoms with Gasteiger partial charge in [-0.3, -0.25) is 0 Å². The van der Waals surface area contributed by atoms with E-state index in [4.69, 9.17) is 0 Å². The molecule has 2 unspecified atom stereocenters. The highest BCUT2D eigenvalue weighted by atomic mass is 14.4.